The molecule has 3 aliphatic rings. The zero-order chi connectivity index (χ0) is 22.9. The Morgan fingerprint density at radius 2 is 1.76 bits per heavy atom. The number of carbonyl (C=O) groups is 3. The first-order valence-corrected chi connectivity index (χ1v) is 11.1. The molecule has 3 amide bonds. The monoisotopic (exact) mass is 447 g/mol. The van der Waals surface area contributed by atoms with Crippen molar-refractivity contribution in [2.75, 3.05) is 24.8 Å². The summed E-state index contributed by atoms with van der Waals surface area (Å²) in [5.41, 5.74) is 2.24. The van der Waals surface area contributed by atoms with Crippen molar-refractivity contribution in [2.24, 2.45) is 5.92 Å². The van der Waals surface area contributed by atoms with Crippen LogP contribution < -0.4 is 19.7 Å². The highest BCUT2D eigenvalue weighted by Gasteiger charge is 2.36. The summed E-state index contributed by atoms with van der Waals surface area (Å²) in [6, 6.07) is 12.0. The van der Waals surface area contributed by atoms with E-state index in [1.54, 1.807) is 24.3 Å². The number of anilines is 1. The number of rotatable bonds is 5. The van der Waals surface area contributed by atoms with Gasteiger partial charge in [0.05, 0.1) is 5.69 Å². The third-order valence-electron chi connectivity index (χ3n) is 6.30. The van der Waals surface area contributed by atoms with Gasteiger partial charge >= 0.3 is 0 Å². The number of imide groups is 1. The topological polar surface area (TPSA) is 88.2 Å². The molecule has 0 saturated carbocycles. The minimum Gasteiger partial charge on any atom is -0.454 e. The molecule has 5 rings (SSSR count). The maximum absolute atomic E-state index is 13.0. The smallest absolute Gasteiger partial charge is 0.281 e. The highest BCUT2D eigenvalue weighted by molar-refractivity contribution is 6.30. The Kier molecular flexibility index (Phi) is 5.50. The molecule has 0 spiro atoms. The number of benzene rings is 2. The lowest BCUT2D eigenvalue weighted by molar-refractivity contribution is -0.121. The van der Waals surface area contributed by atoms with Gasteiger partial charge in [-0.15, -0.1) is 0 Å². The Bertz CT molecular complexity index is 1130. The molecule has 0 radical (unpaired) electrons. The number of carbonyl (C=O) groups excluding carboxylic acids is 3. The van der Waals surface area contributed by atoms with E-state index >= 15 is 0 Å². The summed E-state index contributed by atoms with van der Waals surface area (Å²) in [5.74, 6) is 1.08. The van der Waals surface area contributed by atoms with Crippen molar-refractivity contribution < 1.29 is 23.9 Å². The molecule has 1 fully saturated rings. The van der Waals surface area contributed by atoms with E-state index in [1.165, 1.54) is 11.0 Å². The van der Waals surface area contributed by atoms with Gasteiger partial charge in [-0.25, -0.2) is 4.90 Å². The van der Waals surface area contributed by atoms with E-state index in [4.69, 9.17) is 9.47 Å². The van der Waals surface area contributed by atoms with Gasteiger partial charge < -0.3 is 19.7 Å². The number of ether oxygens (including phenoxy) is 2. The van der Waals surface area contributed by atoms with Crippen LogP contribution in [0.5, 0.6) is 11.5 Å². The van der Waals surface area contributed by atoms with Crippen LogP contribution >= 0.6 is 0 Å². The second kappa shape index (κ2) is 8.61. The van der Waals surface area contributed by atoms with E-state index < -0.39 is 0 Å². The van der Waals surface area contributed by atoms with Gasteiger partial charge in [-0.05, 0) is 60.7 Å². The van der Waals surface area contributed by atoms with Crippen molar-refractivity contribution in [3.05, 3.63) is 65.4 Å². The fraction of sp³-hybridized carbons (Fsp3) is 0.320. The van der Waals surface area contributed by atoms with E-state index in [9.17, 15) is 14.4 Å². The molecule has 170 valence electrons. The van der Waals surface area contributed by atoms with E-state index in [0.29, 0.717) is 40.9 Å². The van der Waals surface area contributed by atoms with Crippen molar-refractivity contribution in [3.8, 4) is 11.5 Å². The molecule has 2 aromatic carbocycles. The molecule has 0 unspecified atom stereocenters. The standard InChI is InChI=1S/C25H25N3O5/c1-16-8-10-27(11-9-16)20-13-23(29)28(25(20)31)19-5-3-18(4-6-19)24(30)26-14-17-2-7-21-22(12-17)33-15-32-21/h2-7,12-13,16H,8-11,14-15H2,1H3,(H,26,30). The third-order valence-corrected chi connectivity index (χ3v) is 6.30. The first-order chi connectivity index (χ1) is 16.0. The summed E-state index contributed by atoms with van der Waals surface area (Å²) in [5, 5.41) is 2.87. The summed E-state index contributed by atoms with van der Waals surface area (Å²) in [4.78, 5) is 41.3. The molecule has 0 aliphatic carbocycles. The summed E-state index contributed by atoms with van der Waals surface area (Å²) in [6.07, 6.45) is 3.44. The zero-order valence-corrected chi connectivity index (χ0v) is 18.4. The number of fused-ring (bicyclic) bond motifs is 1. The summed E-state index contributed by atoms with van der Waals surface area (Å²) in [7, 11) is 0. The van der Waals surface area contributed by atoms with Crippen LogP contribution in [0.4, 0.5) is 5.69 Å². The quantitative estimate of drug-likeness (QED) is 0.710. The minimum atomic E-state index is -0.353. The van der Waals surface area contributed by atoms with Crippen LogP contribution in [-0.4, -0.2) is 42.5 Å². The SMILES string of the molecule is CC1CCN(C2=CC(=O)N(c3ccc(C(=O)NCc4ccc5c(c4)OCO5)cc3)C2=O)CC1. The lowest BCUT2D eigenvalue weighted by atomic mass is 9.99. The fourth-order valence-corrected chi connectivity index (χ4v) is 4.28. The fourth-order valence-electron chi connectivity index (χ4n) is 4.28. The van der Waals surface area contributed by atoms with Crippen LogP contribution in [0.3, 0.4) is 0 Å². The number of hydrogen-bond donors (Lipinski definition) is 1. The normalized spacial score (nSPS) is 18.0. The van der Waals surface area contributed by atoms with Crippen molar-refractivity contribution >= 4 is 23.4 Å². The maximum atomic E-state index is 13.0. The highest BCUT2D eigenvalue weighted by Crippen LogP contribution is 2.32. The van der Waals surface area contributed by atoms with Crippen molar-refractivity contribution in [1.29, 1.82) is 0 Å². The molecule has 0 aromatic heterocycles. The lowest BCUT2D eigenvalue weighted by Gasteiger charge is -2.32. The summed E-state index contributed by atoms with van der Waals surface area (Å²) >= 11 is 0. The van der Waals surface area contributed by atoms with Crippen LogP contribution in [0, 0.1) is 5.92 Å². The predicted octanol–water partition coefficient (Wildman–Crippen LogP) is 2.83. The van der Waals surface area contributed by atoms with Crippen LogP contribution in [0.15, 0.2) is 54.2 Å². The van der Waals surface area contributed by atoms with Crippen molar-refractivity contribution in [1.82, 2.24) is 10.2 Å². The molecule has 0 atom stereocenters. The van der Waals surface area contributed by atoms with Crippen LogP contribution in [0.2, 0.25) is 0 Å². The van der Waals surface area contributed by atoms with Gasteiger partial charge in [-0.2, -0.15) is 0 Å². The molecule has 8 heteroatoms. The molecule has 2 aromatic rings. The first-order valence-electron chi connectivity index (χ1n) is 11.1. The Morgan fingerprint density at radius 1 is 1.03 bits per heavy atom. The largest absolute Gasteiger partial charge is 0.454 e. The Hall–Kier alpha value is -3.81. The van der Waals surface area contributed by atoms with Gasteiger partial charge in [-0.1, -0.05) is 13.0 Å². The van der Waals surface area contributed by atoms with E-state index in [1.807, 2.05) is 23.1 Å². The first kappa shape index (κ1) is 21.1. The molecule has 1 N–H and O–H groups in total. The molecule has 3 aliphatic heterocycles. The maximum Gasteiger partial charge on any atom is 0.281 e. The van der Waals surface area contributed by atoms with Gasteiger partial charge in [0.25, 0.3) is 17.7 Å². The van der Waals surface area contributed by atoms with Crippen LogP contribution in [0.1, 0.15) is 35.7 Å². The Balaban J connectivity index is 1.21. The van der Waals surface area contributed by atoms with Crippen LogP contribution in [-0.2, 0) is 16.1 Å². The minimum absolute atomic E-state index is 0.202. The van der Waals surface area contributed by atoms with Crippen molar-refractivity contribution in [2.45, 2.75) is 26.3 Å². The molecular formula is C25H25N3O5. The molecule has 8 nitrogen and oxygen atoms in total. The average molecular weight is 447 g/mol. The lowest BCUT2D eigenvalue weighted by Crippen LogP contribution is -2.38. The second-order valence-corrected chi connectivity index (χ2v) is 8.60. The Morgan fingerprint density at radius 3 is 2.52 bits per heavy atom. The number of nitrogens with zero attached hydrogens (tertiary/aromatic N) is 2. The van der Waals surface area contributed by atoms with Gasteiger partial charge in [0, 0.05) is 31.3 Å². The number of piperidine rings is 1. The molecule has 1 saturated heterocycles. The van der Waals surface area contributed by atoms with E-state index in [2.05, 4.69) is 12.2 Å². The van der Waals surface area contributed by atoms with Crippen molar-refractivity contribution in [3.63, 3.8) is 0 Å². The summed E-state index contributed by atoms with van der Waals surface area (Å²) in [6.45, 7) is 4.30. The molecule has 33 heavy (non-hydrogen) atoms. The predicted molar refractivity (Wildman–Crippen MR) is 121 cm³/mol. The van der Waals surface area contributed by atoms with Gasteiger partial charge in [0.1, 0.15) is 5.70 Å². The number of amides is 3. The third kappa shape index (κ3) is 4.16. The average Bonchev–Trinajstić information content (AvgIpc) is 3.41. The highest BCUT2D eigenvalue weighted by atomic mass is 16.7. The Labute approximate surface area is 191 Å². The van der Waals surface area contributed by atoms with Crippen LogP contribution in [0.25, 0.3) is 0 Å². The summed E-state index contributed by atoms with van der Waals surface area (Å²) < 4.78 is 10.7. The zero-order valence-electron chi connectivity index (χ0n) is 18.4. The second-order valence-electron chi connectivity index (χ2n) is 8.60. The van der Waals surface area contributed by atoms with Gasteiger partial charge in [0.2, 0.25) is 6.79 Å². The molecule has 0 bridgehead atoms. The number of nitrogens with one attached hydrogen (secondary N) is 1. The van der Waals surface area contributed by atoms with E-state index in [0.717, 1.165) is 31.5 Å². The molecule has 3 heterocycles. The van der Waals surface area contributed by atoms with Gasteiger partial charge in [0.15, 0.2) is 11.5 Å². The number of likely N-dealkylation sites (tertiary alicyclic amines) is 1. The molecular weight excluding hydrogens is 422 g/mol. The number of hydrogen-bond acceptors (Lipinski definition) is 6. The van der Waals surface area contributed by atoms with Gasteiger partial charge in [-0.3, -0.25) is 14.4 Å². The van der Waals surface area contributed by atoms with E-state index in [-0.39, 0.29) is 24.5 Å².